The number of aromatic nitrogens is 4. The highest BCUT2D eigenvalue weighted by Crippen LogP contribution is 2.18. The predicted octanol–water partition coefficient (Wildman–Crippen LogP) is 0.00712. The van der Waals surface area contributed by atoms with Gasteiger partial charge in [0.25, 0.3) is 5.91 Å². The summed E-state index contributed by atoms with van der Waals surface area (Å²) in [4.78, 5) is 29.7. The van der Waals surface area contributed by atoms with Gasteiger partial charge in [-0.05, 0) is 48.4 Å². The van der Waals surface area contributed by atoms with Gasteiger partial charge in [0, 0.05) is 38.3 Å². The molecule has 27 heavy (non-hydrogen) atoms. The van der Waals surface area contributed by atoms with E-state index in [9.17, 15) is 9.59 Å². The third-order valence-electron chi connectivity index (χ3n) is 5.17. The number of amides is 2. The quantitative estimate of drug-likeness (QED) is 0.819. The SMILES string of the molecule is Cc1nnnn1-c1cccc(C(=O)N2CCNC[C@H]2C(=O)N2CCCC2)c1. The second kappa shape index (κ2) is 7.43. The van der Waals surface area contributed by atoms with Crippen LogP contribution in [-0.2, 0) is 4.79 Å². The average molecular weight is 369 g/mol. The summed E-state index contributed by atoms with van der Waals surface area (Å²) in [5.74, 6) is 0.547. The Morgan fingerprint density at radius 2 is 2.00 bits per heavy atom. The maximum atomic E-state index is 13.2. The molecule has 2 aliphatic rings. The summed E-state index contributed by atoms with van der Waals surface area (Å²) < 4.78 is 1.58. The van der Waals surface area contributed by atoms with Gasteiger partial charge in [0.1, 0.15) is 6.04 Å². The van der Waals surface area contributed by atoms with Gasteiger partial charge in [-0.3, -0.25) is 9.59 Å². The molecule has 0 radical (unpaired) electrons. The van der Waals surface area contributed by atoms with Gasteiger partial charge in [-0.15, -0.1) is 5.10 Å². The molecule has 0 saturated carbocycles. The zero-order chi connectivity index (χ0) is 18.8. The van der Waals surface area contributed by atoms with Crippen LogP contribution >= 0.6 is 0 Å². The second-order valence-electron chi connectivity index (χ2n) is 6.94. The summed E-state index contributed by atoms with van der Waals surface area (Å²) in [5.41, 5.74) is 1.25. The third-order valence-corrected chi connectivity index (χ3v) is 5.17. The van der Waals surface area contributed by atoms with Crippen LogP contribution in [-0.4, -0.2) is 80.6 Å². The number of likely N-dealkylation sites (tertiary alicyclic amines) is 1. The number of nitrogens with one attached hydrogen (secondary N) is 1. The summed E-state index contributed by atoms with van der Waals surface area (Å²) in [7, 11) is 0. The van der Waals surface area contributed by atoms with Crippen molar-refractivity contribution in [2.45, 2.75) is 25.8 Å². The molecular formula is C18H23N7O2. The van der Waals surface area contributed by atoms with Crippen LogP contribution in [0.5, 0.6) is 0 Å². The minimum atomic E-state index is -0.456. The maximum Gasteiger partial charge on any atom is 0.254 e. The van der Waals surface area contributed by atoms with Gasteiger partial charge < -0.3 is 15.1 Å². The Morgan fingerprint density at radius 3 is 2.74 bits per heavy atom. The van der Waals surface area contributed by atoms with Crippen LogP contribution in [0.2, 0.25) is 0 Å². The van der Waals surface area contributed by atoms with Crippen LogP contribution in [0.3, 0.4) is 0 Å². The first kappa shape index (κ1) is 17.6. The van der Waals surface area contributed by atoms with Crippen molar-refractivity contribution in [3.8, 4) is 5.69 Å². The molecule has 2 amide bonds. The first-order valence-electron chi connectivity index (χ1n) is 9.31. The monoisotopic (exact) mass is 369 g/mol. The number of aryl methyl sites for hydroxylation is 1. The van der Waals surface area contributed by atoms with E-state index < -0.39 is 6.04 Å². The van der Waals surface area contributed by atoms with Crippen molar-refractivity contribution in [2.24, 2.45) is 0 Å². The first-order chi connectivity index (χ1) is 13.1. The van der Waals surface area contributed by atoms with E-state index in [4.69, 9.17) is 0 Å². The molecule has 0 bridgehead atoms. The minimum Gasteiger partial charge on any atom is -0.341 e. The maximum absolute atomic E-state index is 13.2. The molecule has 1 atom stereocenters. The average Bonchev–Trinajstić information content (AvgIpc) is 3.39. The van der Waals surface area contributed by atoms with Crippen molar-refractivity contribution in [2.75, 3.05) is 32.7 Å². The highest BCUT2D eigenvalue weighted by atomic mass is 16.2. The fraction of sp³-hybridized carbons (Fsp3) is 0.500. The predicted molar refractivity (Wildman–Crippen MR) is 97.4 cm³/mol. The summed E-state index contributed by atoms with van der Waals surface area (Å²) in [6.07, 6.45) is 2.07. The third kappa shape index (κ3) is 3.42. The summed E-state index contributed by atoms with van der Waals surface area (Å²) in [6, 6.07) is 6.74. The van der Waals surface area contributed by atoms with Crippen LogP contribution in [0.25, 0.3) is 5.69 Å². The van der Waals surface area contributed by atoms with E-state index in [0.717, 1.165) is 31.6 Å². The van der Waals surface area contributed by atoms with Crippen molar-refractivity contribution >= 4 is 11.8 Å². The molecule has 1 aromatic carbocycles. The van der Waals surface area contributed by atoms with E-state index in [1.807, 2.05) is 17.0 Å². The van der Waals surface area contributed by atoms with E-state index in [2.05, 4.69) is 20.8 Å². The summed E-state index contributed by atoms with van der Waals surface area (Å²) in [6.45, 7) is 5.05. The van der Waals surface area contributed by atoms with Crippen LogP contribution in [0.1, 0.15) is 29.0 Å². The van der Waals surface area contributed by atoms with Gasteiger partial charge >= 0.3 is 0 Å². The fourth-order valence-electron chi connectivity index (χ4n) is 3.72. The molecule has 1 aromatic heterocycles. The number of benzene rings is 1. The number of hydrogen-bond donors (Lipinski definition) is 1. The Morgan fingerprint density at radius 1 is 1.19 bits per heavy atom. The number of carbonyl (C=O) groups excluding carboxylic acids is 2. The molecule has 2 saturated heterocycles. The molecule has 0 spiro atoms. The van der Waals surface area contributed by atoms with Gasteiger partial charge in [-0.1, -0.05) is 6.07 Å². The van der Waals surface area contributed by atoms with E-state index >= 15 is 0 Å². The molecule has 0 unspecified atom stereocenters. The molecule has 1 N–H and O–H groups in total. The molecule has 9 nitrogen and oxygen atoms in total. The van der Waals surface area contributed by atoms with Crippen molar-refractivity contribution in [3.05, 3.63) is 35.7 Å². The molecule has 2 fully saturated rings. The number of carbonyl (C=O) groups is 2. The molecular weight excluding hydrogens is 346 g/mol. The van der Waals surface area contributed by atoms with E-state index in [0.29, 0.717) is 31.0 Å². The molecule has 2 aromatic rings. The zero-order valence-electron chi connectivity index (χ0n) is 15.3. The zero-order valence-corrected chi connectivity index (χ0v) is 15.3. The number of hydrogen-bond acceptors (Lipinski definition) is 6. The Bertz CT molecular complexity index is 844. The normalized spacial score (nSPS) is 20.1. The van der Waals surface area contributed by atoms with Crippen molar-refractivity contribution in [1.29, 1.82) is 0 Å². The van der Waals surface area contributed by atoms with E-state index in [1.54, 1.807) is 28.6 Å². The second-order valence-corrected chi connectivity index (χ2v) is 6.94. The van der Waals surface area contributed by atoms with Gasteiger partial charge in [-0.2, -0.15) is 4.68 Å². The van der Waals surface area contributed by atoms with E-state index in [-0.39, 0.29) is 11.8 Å². The summed E-state index contributed by atoms with van der Waals surface area (Å²) >= 11 is 0. The van der Waals surface area contributed by atoms with Gasteiger partial charge in [0.2, 0.25) is 5.91 Å². The Kier molecular flexibility index (Phi) is 4.85. The van der Waals surface area contributed by atoms with E-state index in [1.165, 1.54) is 0 Å². The molecule has 3 heterocycles. The number of piperazine rings is 1. The van der Waals surface area contributed by atoms with Crippen LogP contribution in [0.15, 0.2) is 24.3 Å². The number of nitrogens with zero attached hydrogens (tertiary/aromatic N) is 6. The minimum absolute atomic E-state index is 0.0422. The van der Waals surface area contributed by atoms with Gasteiger partial charge in [-0.25, -0.2) is 0 Å². The Hall–Kier alpha value is -2.81. The lowest BCUT2D eigenvalue weighted by Crippen LogP contribution is -2.59. The molecule has 9 heteroatoms. The smallest absolute Gasteiger partial charge is 0.254 e. The lowest BCUT2D eigenvalue weighted by Gasteiger charge is -2.37. The standard InChI is InChI=1S/C18H23N7O2/c1-13-20-21-22-25(13)15-6-4-5-14(11-15)17(26)24-10-7-19-12-16(24)18(27)23-8-2-3-9-23/h4-6,11,16,19H,2-3,7-10,12H2,1H3/t16-/m0/s1. The Labute approximate surface area is 157 Å². The Balaban J connectivity index is 1.58. The molecule has 2 aliphatic heterocycles. The molecule has 4 rings (SSSR count). The van der Waals surface area contributed by atoms with Crippen molar-refractivity contribution in [1.82, 2.24) is 35.3 Å². The number of rotatable bonds is 3. The lowest BCUT2D eigenvalue weighted by atomic mass is 10.1. The first-order valence-corrected chi connectivity index (χ1v) is 9.31. The molecule has 142 valence electrons. The van der Waals surface area contributed by atoms with Crippen LogP contribution < -0.4 is 5.32 Å². The van der Waals surface area contributed by atoms with Gasteiger partial charge in [0.15, 0.2) is 5.82 Å². The molecule has 0 aliphatic carbocycles. The van der Waals surface area contributed by atoms with Crippen LogP contribution in [0, 0.1) is 6.92 Å². The van der Waals surface area contributed by atoms with Crippen molar-refractivity contribution in [3.63, 3.8) is 0 Å². The highest BCUT2D eigenvalue weighted by molar-refractivity contribution is 5.98. The van der Waals surface area contributed by atoms with Crippen molar-refractivity contribution < 1.29 is 9.59 Å². The lowest BCUT2D eigenvalue weighted by molar-refractivity contribution is -0.135. The largest absolute Gasteiger partial charge is 0.341 e. The topological polar surface area (TPSA) is 96.2 Å². The van der Waals surface area contributed by atoms with Gasteiger partial charge in [0.05, 0.1) is 5.69 Å². The fourth-order valence-corrected chi connectivity index (χ4v) is 3.72. The highest BCUT2D eigenvalue weighted by Gasteiger charge is 2.36. The van der Waals surface area contributed by atoms with Crippen LogP contribution in [0.4, 0.5) is 0 Å². The summed E-state index contributed by atoms with van der Waals surface area (Å²) in [5, 5.41) is 14.7. The number of tetrazole rings is 1.